The summed E-state index contributed by atoms with van der Waals surface area (Å²) in [7, 11) is -5.12. The highest BCUT2D eigenvalue weighted by atomic mass is 31.2. The Labute approximate surface area is 388 Å². The van der Waals surface area contributed by atoms with Crippen LogP contribution in [0.15, 0.2) is 12.2 Å². The number of rotatable bonds is 44. The zero-order valence-corrected chi connectivity index (χ0v) is 41.2. The topological polar surface area (TPSA) is 210 Å². The molecule has 0 bridgehead atoms. The average molecular weight is 935 g/mol. The molecule has 14 heteroatoms. The summed E-state index contributed by atoms with van der Waals surface area (Å²) in [5.74, 6) is -1.09. The van der Waals surface area contributed by atoms with Crippen LogP contribution in [0.1, 0.15) is 239 Å². The lowest BCUT2D eigenvalue weighted by molar-refractivity contribution is -0.220. The summed E-state index contributed by atoms with van der Waals surface area (Å²) in [5.41, 5.74) is 0. The monoisotopic (exact) mass is 935 g/mol. The Hall–Kier alpha value is -1.41. The fourth-order valence-corrected chi connectivity index (χ4v) is 9.14. The molecule has 1 aliphatic rings. The third kappa shape index (κ3) is 32.3. The van der Waals surface area contributed by atoms with Crippen molar-refractivity contribution in [2.24, 2.45) is 0 Å². The second-order valence-corrected chi connectivity index (χ2v) is 19.8. The van der Waals surface area contributed by atoms with Crippen LogP contribution in [-0.4, -0.2) is 98.3 Å². The summed E-state index contributed by atoms with van der Waals surface area (Å²) in [6, 6.07) is 0. The van der Waals surface area contributed by atoms with Gasteiger partial charge in [0, 0.05) is 12.8 Å². The number of phosphoric acid groups is 1. The smallest absolute Gasteiger partial charge is 0.462 e. The summed E-state index contributed by atoms with van der Waals surface area (Å²) < 4.78 is 33.6. The van der Waals surface area contributed by atoms with Gasteiger partial charge < -0.3 is 39.9 Å². The average Bonchev–Trinajstić information content (AvgIpc) is 3.28. The number of aliphatic hydroxyl groups is 5. The zero-order valence-electron chi connectivity index (χ0n) is 40.3. The van der Waals surface area contributed by atoms with Crippen molar-refractivity contribution in [1.82, 2.24) is 0 Å². The summed E-state index contributed by atoms with van der Waals surface area (Å²) in [6.45, 7) is 3.33. The molecule has 0 saturated heterocycles. The van der Waals surface area contributed by atoms with E-state index >= 15 is 0 Å². The maximum absolute atomic E-state index is 12.8. The Morgan fingerprint density at radius 2 is 0.797 bits per heavy atom. The third-order valence-electron chi connectivity index (χ3n) is 12.4. The Morgan fingerprint density at radius 3 is 1.19 bits per heavy atom. The van der Waals surface area contributed by atoms with E-state index in [0.29, 0.717) is 12.8 Å². The molecule has 0 aromatic rings. The Kier molecular flexibility index (Phi) is 38.5. The van der Waals surface area contributed by atoms with Gasteiger partial charge in [-0.3, -0.25) is 18.6 Å². The Balaban J connectivity index is 2.39. The SMILES string of the molecule is CCCCCCCC/C=C\CCCCCCCCCC(=O)O[C@H](COC(=O)CCCCCCCCCCCCCCCCCCCC)COP(=O)(O)OC1C(O)C(O)C(O)[C@@H](O)C1O. The van der Waals surface area contributed by atoms with Crippen molar-refractivity contribution in [3.05, 3.63) is 12.2 Å². The highest BCUT2D eigenvalue weighted by Gasteiger charge is 2.51. The van der Waals surface area contributed by atoms with Gasteiger partial charge in [-0.15, -0.1) is 0 Å². The van der Waals surface area contributed by atoms with E-state index in [1.807, 2.05) is 0 Å². The molecular weight excluding hydrogens is 840 g/mol. The molecule has 64 heavy (non-hydrogen) atoms. The van der Waals surface area contributed by atoms with E-state index < -0.39 is 75.7 Å². The van der Waals surface area contributed by atoms with E-state index in [9.17, 15) is 44.6 Å². The second kappa shape index (κ2) is 40.6. The number of hydrogen-bond acceptors (Lipinski definition) is 12. The molecule has 1 fully saturated rings. The van der Waals surface area contributed by atoms with Crippen molar-refractivity contribution >= 4 is 19.8 Å². The number of unbranched alkanes of at least 4 members (excludes halogenated alkanes) is 30. The number of hydrogen-bond donors (Lipinski definition) is 6. The minimum Gasteiger partial charge on any atom is -0.462 e. The lowest BCUT2D eigenvalue weighted by Crippen LogP contribution is -2.64. The minimum absolute atomic E-state index is 0.0962. The van der Waals surface area contributed by atoms with Crippen LogP contribution in [0.3, 0.4) is 0 Å². The number of ether oxygens (including phenoxy) is 2. The summed E-state index contributed by atoms with van der Waals surface area (Å²) in [6.07, 6.45) is 31.1. The van der Waals surface area contributed by atoms with Crippen molar-refractivity contribution in [1.29, 1.82) is 0 Å². The van der Waals surface area contributed by atoms with Gasteiger partial charge >= 0.3 is 19.8 Å². The summed E-state index contributed by atoms with van der Waals surface area (Å²) in [5, 5.41) is 50.3. The van der Waals surface area contributed by atoms with Crippen LogP contribution in [0.2, 0.25) is 0 Å². The second-order valence-electron chi connectivity index (χ2n) is 18.4. The van der Waals surface area contributed by atoms with Gasteiger partial charge in [0.05, 0.1) is 6.61 Å². The molecule has 6 N–H and O–H groups in total. The number of carbonyl (C=O) groups excluding carboxylic acids is 2. The molecule has 1 rings (SSSR count). The van der Waals surface area contributed by atoms with Crippen molar-refractivity contribution in [2.75, 3.05) is 13.2 Å². The van der Waals surface area contributed by atoms with E-state index in [4.69, 9.17) is 18.5 Å². The van der Waals surface area contributed by atoms with Crippen molar-refractivity contribution < 1.29 is 63.1 Å². The van der Waals surface area contributed by atoms with Crippen LogP contribution in [-0.2, 0) is 32.7 Å². The van der Waals surface area contributed by atoms with E-state index in [0.717, 1.165) is 51.4 Å². The normalized spacial score (nSPS) is 21.6. The van der Waals surface area contributed by atoms with Gasteiger partial charge in [-0.05, 0) is 38.5 Å². The van der Waals surface area contributed by atoms with Crippen LogP contribution in [0.25, 0.3) is 0 Å². The van der Waals surface area contributed by atoms with Crippen LogP contribution < -0.4 is 0 Å². The molecule has 0 aromatic carbocycles. The number of phosphoric ester groups is 1. The van der Waals surface area contributed by atoms with Crippen molar-refractivity contribution in [3.63, 3.8) is 0 Å². The van der Waals surface area contributed by atoms with Gasteiger partial charge in [0.25, 0.3) is 0 Å². The molecule has 0 radical (unpaired) electrons. The first-order valence-electron chi connectivity index (χ1n) is 26.0. The molecule has 6 unspecified atom stereocenters. The maximum atomic E-state index is 12.8. The third-order valence-corrected chi connectivity index (χ3v) is 13.3. The molecule has 1 aliphatic carbocycles. The first kappa shape index (κ1) is 60.6. The molecule has 13 nitrogen and oxygen atoms in total. The van der Waals surface area contributed by atoms with Crippen LogP contribution in [0, 0.1) is 0 Å². The van der Waals surface area contributed by atoms with Gasteiger partial charge in [0.2, 0.25) is 0 Å². The van der Waals surface area contributed by atoms with Crippen LogP contribution in [0.5, 0.6) is 0 Å². The summed E-state index contributed by atoms with van der Waals surface area (Å²) >= 11 is 0. The molecular formula is C50H95O13P. The lowest BCUT2D eigenvalue weighted by Gasteiger charge is -2.41. The lowest BCUT2D eigenvalue weighted by atomic mass is 9.85. The number of carbonyl (C=O) groups is 2. The molecule has 378 valence electrons. The summed E-state index contributed by atoms with van der Waals surface area (Å²) in [4.78, 5) is 35.8. The molecule has 0 aromatic heterocycles. The molecule has 8 atom stereocenters. The van der Waals surface area contributed by atoms with E-state index in [2.05, 4.69) is 26.0 Å². The van der Waals surface area contributed by atoms with E-state index in [1.54, 1.807) is 0 Å². The zero-order chi connectivity index (χ0) is 47.1. The fourth-order valence-electron chi connectivity index (χ4n) is 8.17. The largest absolute Gasteiger partial charge is 0.472 e. The quantitative estimate of drug-likeness (QED) is 0.0146. The number of esters is 2. The van der Waals surface area contributed by atoms with Crippen LogP contribution >= 0.6 is 7.82 Å². The fraction of sp³-hybridized carbons (Fsp3) is 0.920. The molecule has 0 aliphatic heterocycles. The predicted molar refractivity (Wildman–Crippen MR) is 254 cm³/mol. The number of allylic oxidation sites excluding steroid dienone is 2. The predicted octanol–water partition coefficient (Wildman–Crippen LogP) is 11.0. The van der Waals surface area contributed by atoms with Gasteiger partial charge in [0.1, 0.15) is 43.2 Å². The van der Waals surface area contributed by atoms with Gasteiger partial charge in [-0.2, -0.15) is 0 Å². The molecule has 1 saturated carbocycles. The maximum Gasteiger partial charge on any atom is 0.472 e. The van der Waals surface area contributed by atoms with Crippen LogP contribution in [0.4, 0.5) is 0 Å². The Morgan fingerprint density at radius 1 is 0.469 bits per heavy atom. The van der Waals surface area contributed by atoms with Crippen molar-refractivity contribution in [3.8, 4) is 0 Å². The van der Waals surface area contributed by atoms with Gasteiger partial charge in [-0.1, -0.05) is 199 Å². The molecule has 0 heterocycles. The van der Waals surface area contributed by atoms with Gasteiger partial charge in [-0.25, -0.2) is 4.57 Å². The minimum atomic E-state index is -5.12. The molecule has 0 spiro atoms. The highest BCUT2D eigenvalue weighted by Crippen LogP contribution is 2.47. The Bertz CT molecular complexity index is 1170. The van der Waals surface area contributed by atoms with Gasteiger partial charge in [0.15, 0.2) is 6.10 Å². The van der Waals surface area contributed by atoms with Crippen molar-refractivity contribution in [2.45, 2.75) is 281 Å². The molecule has 0 amide bonds. The van der Waals surface area contributed by atoms with E-state index in [1.165, 1.54) is 148 Å². The number of aliphatic hydroxyl groups excluding tert-OH is 5. The highest BCUT2D eigenvalue weighted by molar-refractivity contribution is 7.47. The standard InChI is InChI=1S/C50H95O13P/c1-3-5-7-9-11-13-15-17-19-21-23-24-26-28-30-32-34-36-38-43(51)60-40-42(41-61-64(58,59)63-50-48(56)46(54)45(53)47(55)49(50)57)62-44(52)39-37-35-33-31-29-27-25-22-20-18-16-14-12-10-8-6-4-2/h18,20,42,45-50,53-57H,3-17,19,21-41H2,1-2H3,(H,58,59)/b20-18-/t42-,45?,46-,47?,48?,49?,50?/m1/s1. The first-order chi connectivity index (χ1) is 30.9. The van der Waals surface area contributed by atoms with E-state index in [-0.39, 0.29) is 12.8 Å². The first-order valence-corrected chi connectivity index (χ1v) is 27.5.